The maximum absolute atomic E-state index is 12.1. The first-order valence-electron chi connectivity index (χ1n) is 8.71. The van der Waals surface area contributed by atoms with Crippen LogP contribution in [0.25, 0.3) is 0 Å². The number of hydrazone groups is 1. The Hall–Kier alpha value is -3.55. The summed E-state index contributed by atoms with van der Waals surface area (Å²) in [5.74, 6) is -0.0302. The highest BCUT2D eigenvalue weighted by Crippen LogP contribution is 2.28. The Morgan fingerprint density at radius 1 is 1.00 bits per heavy atom. The van der Waals surface area contributed by atoms with Gasteiger partial charge in [-0.15, -0.1) is 0 Å². The Balaban J connectivity index is 2.01. The molecule has 0 fully saturated rings. The maximum atomic E-state index is 12.1. The third kappa shape index (κ3) is 6.31. The summed E-state index contributed by atoms with van der Waals surface area (Å²) in [5.41, 5.74) is 3.55. The van der Waals surface area contributed by atoms with E-state index in [1.807, 2.05) is 6.92 Å². The van der Waals surface area contributed by atoms with Gasteiger partial charge in [0.25, 0.3) is 5.91 Å². The minimum atomic E-state index is -1.08. The molecule has 8 heteroatoms. The van der Waals surface area contributed by atoms with Crippen molar-refractivity contribution in [2.24, 2.45) is 5.10 Å². The number of ether oxygens (including phenoxy) is 3. The number of carbonyl (C=O) groups excluding carboxylic acids is 1. The monoisotopic (exact) mass is 386 g/mol. The van der Waals surface area contributed by atoms with Gasteiger partial charge in [-0.1, -0.05) is 0 Å². The first-order valence-corrected chi connectivity index (χ1v) is 8.71. The van der Waals surface area contributed by atoms with Gasteiger partial charge >= 0.3 is 5.97 Å². The van der Waals surface area contributed by atoms with Gasteiger partial charge in [-0.05, 0) is 61.9 Å². The summed E-state index contributed by atoms with van der Waals surface area (Å²) in [6.45, 7) is 4.17. The summed E-state index contributed by atoms with van der Waals surface area (Å²) in [5, 5.41) is 12.7. The quantitative estimate of drug-likeness (QED) is 0.480. The molecule has 0 saturated carbocycles. The Bertz CT molecular complexity index is 833. The van der Waals surface area contributed by atoms with Crippen molar-refractivity contribution in [3.8, 4) is 17.2 Å². The average molecular weight is 386 g/mol. The molecule has 0 unspecified atom stereocenters. The smallest absolute Gasteiger partial charge is 0.341 e. The van der Waals surface area contributed by atoms with Crippen LogP contribution in [0.15, 0.2) is 47.6 Å². The van der Waals surface area contributed by atoms with Crippen molar-refractivity contribution in [1.29, 1.82) is 0 Å². The molecule has 0 atom stereocenters. The highest BCUT2D eigenvalue weighted by molar-refractivity contribution is 5.95. The molecule has 0 spiro atoms. The summed E-state index contributed by atoms with van der Waals surface area (Å²) < 4.78 is 16.0. The van der Waals surface area contributed by atoms with Gasteiger partial charge in [-0.3, -0.25) is 4.79 Å². The van der Waals surface area contributed by atoms with Crippen LogP contribution in [0.3, 0.4) is 0 Å². The highest BCUT2D eigenvalue weighted by atomic mass is 16.5. The predicted molar refractivity (Wildman–Crippen MR) is 103 cm³/mol. The normalized spacial score (nSPS) is 10.5. The zero-order valence-electron chi connectivity index (χ0n) is 15.7. The third-order valence-electron chi connectivity index (χ3n) is 3.43. The summed E-state index contributed by atoms with van der Waals surface area (Å²) >= 11 is 0. The number of hydrogen-bond donors (Lipinski definition) is 2. The lowest BCUT2D eigenvalue weighted by Crippen LogP contribution is -2.17. The largest absolute Gasteiger partial charge is 0.494 e. The number of nitrogens with one attached hydrogen (secondary N) is 1. The molecule has 0 aliphatic rings. The number of rotatable bonds is 10. The van der Waals surface area contributed by atoms with Crippen molar-refractivity contribution in [3.63, 3.8) is 0 Å². The zero-order valence-corrected chi connectivity index (χ0v) is 15.7. The standard InChI is InChI=1S/C20H22N2O6/c1-3-26-16-8-6-15(7-9-16)20(25)22-21-12-14-5-10-17(28-13-19(23)24)18(11-14)27-4-2/h5-12H,3-4,13H2,1-2H3,(H,22,25)(H,23,24)/b21-12+. The number of aliphatic carboxylic acids is 1. The molecule has 28 heavy (non-hydrogen) atoms. The van der Waals surface area contributed by atoms with Crippen LogP contribution >= 0.6 is 0 Å². The predicted octanol–water partition coefficient (Wildman–Crippen LogP) is 2.71. The van der Waals surface area contributed by atoms with Gasteiger partial charge in [0, 0.05) is 5.56 Å². The molecule has 0 saturated heterocycles. The second kappa shape index (κ2) is 10.6. The summed E-state index contributed by atoms with van der Waals surface area (Å²) in [7, 11) is 0. The molecule has 0 aromatic heterocycles. The number of amides is 1. The fraction of sp³-hybridized carbons (Fsp3) is 0.250. The van der Waals surface area contributed by atoms with Crippen molar-refractivity contribution in [3.05, 3.63) is 53.6 Å². The molecule has 148 valence electrons. The van der Waals surface area contributed by atoms with E-state index in [1.165, 1.54) is 6.21 Å². The second-order valence-electron chi connectivity index (χ2n) is 5.48. The second-order valence-corrected chi connectivity index (χ2v) is 5.48. The SMILES string of the molecule is CCOc1ccc(C(=O)N/N=C/c2ccc(OCC(=O)O)c(OCC)c2)cc1. The fourth-order valence-corrected chi connectivity index (χ4v) is 2.23. The summed E-state index contributed by atoms with van der Waals surface area (Å²) in [4.78, 5) is 22.8. The van der Waals surface area contributed by atoms with Gasteiger partial charge in [0.1, 0.15) is 5.75 Å². The van der Waals surface area contributed by atoms with Crippen LogP contribution < -0.4 is 19.6 Å². The molecule has 0 aliphatic carbocycles. The minimum absolute atomic E-state index is 0.319. The third-order valence-corrected chi connectivity index (χ3v) is 3.43. The van der Waals surface area contributed by atoms with Crippen molar-refractivity contribution < 1.29 is 28.9 Å². The molecule has 0 radical (unpaired) electrons. The van der Waals surface area contributed by atoms with E-state index in [-0.39, 0.29) is 5.91 Å². The summed E-state index contributed by atoms with van der Waals surface area (Å²) in [6.07, 6.45) is 1.45. The van der Waals surface area contributed by atoms with E-state index >= 15 is 0 Å². The first-order chi connectivity index (χ1) is 13.5. The van der Waals surface area contributed by atoms with Crippen LogP contribution in [0.1, 0.15) is 29.8 Å². The Morgan fingerprint density at radius 2 is 1.71 bits per heavy atom. The number of hydrogen-bond acceptors (Lipinski definition) is 6. The minimum Gasteiger partial charge on any atom is -0.494 e. The van der Waals surface area contributed by atoms with E-state index in [0.29, 0.717) is 41.6 Å². The van der Waals surface area contributed by atoms with E-state index in [9.17, 15) is 9.59 Å². The van der Waals surface area contributed by atoms with Crippen molar-refractivity contribution in [2.45, 2.75) is 13.8 Å². The number of carboxylic acid groups (broad SMARTS) is 1. The maximum Gasteiger partial charge on any atom is 0.341 e. The van der Waals surface area contributed by atoms with Crippen LogP contribution in [0.5, 0.6) is 17.2 Å². The van der Waals surface area contributed by atoms with Gasteiger partial charge in [-0.2, -0.15) is 5.10 Å². The Kier molecular flexibility index (Phi) is 7.83. The lowest BCUT2D eigenvalue weighted by atomic mass is 10.2. The van der Waals surface area contributed by atoms with Crippen LogP contribution in [0, 0.1) is 0 Å². The Morgan fingerprint density at radius 3 is 2.36 bits per heavy atom. The van der Waals surface area contributed by atoms with Gasteiger partial charge in [-0.25, -0.2) is 10.2 Å². The zero-order chi connectivity index (χ0) is 20.4. The number of nitrogens with zero attached hydrogens (tertiary/aromatic N) is 1. The van der Waals surface area contributed by atoms with Crippen LogP contribution in [-0.2, 0) is 4.79 Å². The lowest BCUT2D eigenvalue weighted by molar-refractivity contribution is -0.139. The Labute approximate surface area is 162 Å². The van der Waals surface area contributed by atoms with Crippen LogP contribution in [0.4, 0.5) is 0 Å². The molecule has 0 aliphatic heterocycles. The first kappa shape index (κ1) is 20.8. The van der Waals surface area contributed by atoms with E-state index in [0.717, 1.165) is 0 Å². The molecule has 2 N–H and O–H groups in total. The van der Waals surface area contributed by atoms with Gasteiger partial charge in [0.15, 0.2) is 18.1 Å². The fourth-order valence-electron chi connectivity index (χ4n) is 2.23. The molecule has 8 nitrogen and oxygen atoms in total. The van der Waals surface area contributed by atoms with Gasteiger partial charge in [0.05, 0.1) is 19.4 Å². The van der Waals surface area contributed by atoms with Crippen LogP contribution in [0.2, 0.25) is 0 Å². The average Bonchev–Trinajstić information content (AvgIpc) is 2.68. The molecule has 2 rings (SSSR count). The highest BCUT2D eigenvalue weighted by Gasteiger charge is 2.08. The van der Waals surface area contributed by atoms with E-state index in [4.69, 9.17) is 19.3 Å². The number of carbonyl (C=O) groups is 2. The summed E-state index contributed by atoms with van der Waals surface area (Å²) in [6, 6.07) is 11.6. The van der Waals surface area contributed by atoms with E-state index < -0.39 is 12.6 Å². The number of benzene rings is 2. The molecular weight excluding hydrogens is 364 g/mol. The lowest BCUT2D eigenvalue weighted by Gasteiger charge is -2.11. The number of carboxylic acids is 1. The molecule has 2 aromatic rings. The molecule has 0 bridgehead atoms. The van der Waals surface area contributed by atoms with Gasteiger partial charge in [0.2, 0.25) is 0 Å². The van der Waals surface area contributed by atoms with Crippen molar-refractivity contribution >= 4 is 18.1 Å². The topological polar surface area (TPSA) is 106 Å². The van der Waals surface area contributed by atoms with Gasteiger partial charge < -0.3 is 19.3 Å². The molecule has 0 heterocycles. The van der Waals surface area contributed by atoms with E-state index in [1.54, 1.807) is 49.4 Å². The van der Waals surface area contributed by atoms with Crippen LogP contribution in [-0.4, -0.2) is 43.0 Å². The molecular formula is C20H22N2O6. The van der Waals surface area contributed by atoms with Crippen molar-refractivity contribution in [2.75, 3.05) is 19.8 Å². The van der Waals surface area contributed by atoms with E-state index in [2.05, 4.69) is 10.5 Å². The van der Waals surface area contributed by atoms with Crippen molar-refractivity contribution in [1.82, 2.24) is 5.43 Å². The molecule has 1 amide bonds. The molecule has 2 aromatic carbocycles.